The van der Waals surface area contributed by atoms with E-state index in [0.717, 1.165) is 0 Å². The van der Waals surface area contributed by atoms with Gasteiger partial charge in [0.15, 0.2) is 11.5 Å². The van der Waals surface area contributed by atoms with Crippen molar-refractivity contribution in [2.45, 2.75) is 26.3 Å². The lowest BCUT2D eigenvalue weighted by Gasteiger charge is -2.43. The van der Waals surface area contributed by atoms with Crippen molar-refractivity contribution in [2.24, 2.45) is 11.1 Å². The van der Waals surface area contributed by atoms with E-state index in [0.29, 0.717) is 19.5 Å². The van der Waals surface area contributed by atoms with Gasteiger partial charge in [-0.2, -0.15) is 0 Å². The number of hydrogen-bond acceptors (Lipinski definition) is 4. The monoisotopic (exact) mass is 267 g/mol. The fourth-order valence-electron chi connectivity index (χ4n) is 2.53. The summed E-state index contributed by atoms with van der Waals surface area (Å²) >= 11 is 0. The van der Waals surface area contributed by atoms with Crippen LogP contribution in [0.3, 0.4) is 0 Å². The first-order valence-electron chi connectivity index (χ1n) is 6.26. The minimum atomic E-state index is -0.555. The Labute approximate surface area is 111 Å². The molecule has 1 saturated heterocycles. The van der Waals surface area contributed by atoms with Gasteiger partial charge in [-0.15, -0.1) is 0 Å². The molecule has 0 radical (unpaired) electrons. The number of nitro benzene ring substituents is 1. The lowest BCUT2D eigenvalue weighted by atomic mass is 9.79. The first-order valence-corrected chi connectivity index (χ1v) is 6.26. The first kappa shape index (κ1) is 13.7. The largest absolute Gasteiger partial charge is 0.363 e. The van der Waals surface area contributed by atoms with Gasteiger partial charge >= 0.3 is 0 Å². The minimum Gasteiger partial charge on any atom is -0.363 e. The molecule has 1 heterocycles. The van der Waals surface area contributed by atoms with Gasteiger partial charge in [0.05, 0.1) is 4.92 Å². The van der Waals surface area contributed by atoms with Gasteiger partial charge in [0, 0.05) is 25.2 Å². The molecule has 1 aliphatic rings. The number of hydrogen-bond donors (Lipinski definition) is 1. The molecule has 0 saturated carbocycles. The Morgan fingerprint density at radius 3 is 2.79 bits per heavy atom. The number of nitrogens with two attached hydrogens (primary N) is 1. The van der Waals surface area contributed by atoms with Gasteiger partial charge in [-0.05, 0) is 17.9 Å². The van der Waals surface area contributed by atoms with Crippen LogP contribution >= 0.6 is 0 Å². The van der Waals surface area contributed by atoms with Crippen LogP contribution in [0.1, 0.15) is 20.3 Å². The number of nitro groups is 1. The molecule has 0 aromatic heterocycles. The molecule has 6 heteroatoms. The summed E-state index contributed by atoms with van der Waals surface area (Å²) in [7, 11) is 0. The standard InChI is InChI=1S/C13H18FN3O2/c1-13(2)8-16(7-6-11(13)15)12-9(14)4-3-5-10(12)17(18)19/h3-5,11H,6-8,15H2,1-2H3. The lowest BCUT2D eigenvalue weighted by molar-refractivity contribution is -0.384. The summed E-state index contributed by atoms with van der Waals surface area (Å²) in [6, 6.07) is 3.97. The number of benzene rings is 1. The van der Waals surface area contributed by atoms with E-state index in [1.165, 1.54) is 18.2 Å². The highest BCUT2D eigenvalue weighted by Gasteiger charge is 2.36. The zero-order valence-corrected chi connectivity index (χ0v) is 11.1. The third-order valence-electron chi connectivity index (χ3n) is 3.79. The minimum absolute atomic E-state index is 0.0228. The summed E-state index contributed by atoms with van der Waals surface area (Å²) in [5.74, 6) is -0.555. The Balaban J connectivity index is 2.40. The molecule has 104 valence electrons. The fraction of sp³-hybridized carbons (Fsp3) is 0.538. The van der Waals surface area contributed by atoms with E-state index in [2.05, 4.69) is 0 Å². The Morgan fingerprint density at radius 2 is 2.21 bits per heavy atom. The molecule has 1 aliphatic heterocycles. The Bertz CT molecular complexity index is 505. The van der Waals surface area contributed by atoms with Crippen molar-refractivity contribution >= 4 is 11.4 Å². The third-order valence-corrected chi connectivity index (χ3v) is 3.79. The highest BCUT2D eigenvalue weighted by atomic mass is 19.1. The molecular weight excluding hydrogens is 249 g/mol. The van der Waals surface area contributed by atoms with Gasteiger partial charge < -0.3 is 10.6 Å². The summed E-state index contributed by atoms with van der Waals surface area (Å²) in [6.07, 6.45) is 0.693. The predicted octanol–water partition coefficient (Wildman–Crippen LogP) is 2.30. The zero-order chi connectivity index (χ0) is 14.2. The molecular formula is C13H18FN3O2. The molecule has 0 bridgehead atoms. The Morgan fingerprint density at radius 1 is 1.53 bits per heavy atom. The van der Waals surface area contributed by atoms with Crippen LogP contribution in [0.25, 0.3) is 0 Å². The maximum atomic E-state index is 14.0. The average Bonchev–Trinajstić information content (AvgIpc) is 2.32. The van der Waals surface area contributed by atoms with Crippen LogP contribution in [-0.4, -0.2) is 24.1 Å². The van der Waals surface area contributed by atoms with E-state index >= 15 is 0 Å². The highest BCUT2D eigenvalue weighted by Crippen LogP contribution is 2.37. The summed E-state index contributed by atoms with van der Waals surface area (Å²) in [6.45, 7) is 5.04. The molecule has 19 heavy (non-hydrogen) atoms. The van der Waals surface area contributed by atoms with E-state index in [4.69, 9.17) is 5.73 Å². The summed E-state index contributed by atoms with van der Waals surface area (Å²) in [5.41, 5.74) is 5.72. The second-order valence-corrected chi connectivity index (χ2v) is 5.67. The molecule has 0 aliphatic carbocycles. The van der Waals surface area contributed by atoms with Crippen molar-refractivity contribution in [1.82, 2.24) is 0 Å². The topological polar surface area (TPSA) is 72.4 Å². The second-order valence-electron chi connectivity index (χ2n) is 5.67. The molecule has 5 nitrogen and oxygen atoms in total. The van der Waals surface area contributed by atoms with Crippen LogP contribution in [0.15, 0.2) is 18.2 Å². The van der Waals surface area contributed by atoms with E-state index < -0.39 is 10.7 Å². The van der Waals surface area contributed by atoms with Gasteiger partial charge in [-0.3, -0.25) is 10.1 Å². The maximum Gasteiger partial charge on any atom is 0.295 e. The number of halogens is 1. The smallest absolute Gasteiger partial charge is 0.295 e. The van der Waals surface area contributed by atoms with E-state index in [-0.39, 0.29) is 22.8 Å². The van der Waals surface area contributed by atoms with Crippen LogP contribution in [0.2, 0.25) is 0 Å². The SMILES string of the molecule is CC1(C)CN(c2c(F)cccc2[N+](=O)[O-])CCC1N. The van der Waals surface area contributed by atoms with Crippen LogP contribution in [-0.2, 0) is 0 Å². The van der Waals surface area contributed by atoms with Crippen molar-refractivity contribution in [3.05, 3.63) is 34.1 Å². The van der Waals surface area contributed by atoms with Crippen molar-refractivity contribution in [2.75, 3.05) is 18.0 Å². The second kappa shape index (κ2) is 4.77. The molecule has 0 amide bonds. The van der Waals surface area contributed by atoms with Crippen molar-refractivity contribution in [1.29, 1.82) is 0 Å². The van der Waals surface area contributed by atoms with Crippen molar-refractivity contribution in [3.8, 4) is 0 Å². The molecule has 1 aromatic carbocycles. The lowest BCUT2D eigenvalue weighted by Crippen LogP contribution is -2.52. The summed E-state index contributed by atoms with van der Waals surface area (Å²) in [4.78, 5) is 12.2. The van der Waals surface area contributed by atoms with E-state index in [1.807, 2.05) is 13.8 Å². The summed E-state index contributed by atoms with van der Waals surface area (Å²) < 4.78 is 14.0. The van der Waals surface area contributed by atoms with Gasteiger partial charge in [0.1, 0.15) is 0 Å². The maximum absolute atomic E-state index is 14.0. The first-order chi connectivity index (χ1) is 8.83. The van der Waals surface area contributed by atoms with Gasteiger partial charge in [0.2, 0.25) is 0 Å². The van der Waals surface area contributed by atoms with Crippen molar-refractivity contribution in [3.63, 3.8) is 0 Å². The van der Waals surface area contributed by atoms with Crippen LogP contribution in [0, 0.1) is 21.3 Å². The molecule has 1 aromatic rings. The van der Waals surface area contributed by atoms with Crippen LogP contribution < -0.4 is 10.6 Å². The number of rotatable bonds is 2. The molecule has 1 fully saturated rings. The molecule has 0 spiro atoms. The fourth-order valence-corrected chi connectivity index (χ4v) is 2.53. The Kier molecular flexibility index (Phi) is 3.45. The third kappa shape index (κ3) is 2.53. The molecule has 1 atom stereocenters. The zero-order valence-electron chi connectivity index (χ0n) is 11.1. The number of piperidine rings is 1. The van der Waals surface area contributed by atoms with E-state index in [9.17, 15) is 14.5 Å². The quantitative estimate of drug-likeness (QED) is 0.659. The van der Waals surface area contributed by atoms with Crippen LogP contribution in [0.5, 0.6) is 0 Å². The molecule has 2 N–H and O–H groups in total. The molecule has 1 unspecified atom stereocenters. The van der Waals surface area contributed by atoms with Gasteiger partial charge in [0.25, 0.3) is 5.69 Å². The summed E-state index contributed by atoms with van der Waals surface area (Å²) in [5, 5.41) is 11.0. The Hall–Kier alpha value is -1.69. The predicted molar refractivity (Wildman–Crippen MR) is 71.6 cm³/mol. The van der Waals surface area contributed by atoms with E-state index in [1.54, 1.807) is 4.90 Å². The number of nitrogens with zero attached hydrogens (tertiary/aromatic N) is 2. The van der Waals surface area contributed by atoms with Gasteiger partial charge in [-0.25, -0.2) is 4.39 Å². The average molecular weight is 267 g/mol. The number of para-hydroxylation sites is 1. The van der Waals surface area contributed by atoms with Gasteiger partial charge in [-0.1, -0.05) is 19.9 Å². The normalized spacial score (nSPS) is 22.3. The van der Waals surface area contributed by atoms with Crippen LogP contribution in [0.4, 0.5) is 15.8 Å². The molecule has 2 rings (SSSR count). The van der Waals surface area contributed by atoms with Crippen molar-refractivity contribution < 1.29 is 9.31 Å². The number of anilines is 1. The highest BCUT2D eigenvalue weighted by molar-refractivity contribution is 5.64.